The van der Waals surface area contributed by atoms with Gasteiger partial charge in [0.15, 0.2) is 0 Å². The summed E-state index contributed by atoms with van der Waals surface area (Å²) in [6.07, 6.45) is 1.90. The molecule has 0 radical (unpaired) electrons. The summed E-state index contributed by atoms with van der Waals surface area (Å²) >= 11 is 3.31. The van der Waals surface area contributed by atoms with E-state index in [4.69, 9.17) is 9.57 Å². The maximum absolute atomic E-state index is 5.31. The molecule has 14 heavy (non-hydrogen) atoms. The molecule has 0 aromatic heterocycles. The number of hydroxylamine groups is 1. The largest absolute Gasteiger partial charge is 0.497 e. The van der Waals surface area contributed by atoms with Gasteiger partial charge in [-0.2, -0.15) is 0 Å². The second-order valence-corrected chi connectivity index (χ2v) is 3.79. The fourth-order valence-corrected chi connectivity index (χ4v) is 1.64. The van der Waals surface area contributed by atoms with Crippen molar-refractivity contribution in [1.82, 2.24) is 5.48 Å². The normalized spacial score (nSPS) is 20.1. The third-order valence-electron chi connectivity index (χ3n) is 2.00. The van der Waals surface area contributed by atoms with Gasteiger partial charge in [0.25, 0.3) is 0 Å². The Balaban J connectivity index is 2.24. The van der Waals surface area contributed by atoms with Gasteiger partial charge in [-0.05, 0) is 39.7 Å². The van der Waals surface area contributed by atoms with Gasteiger partial charge in [-0.3, -0.25) is 10.3 Å². The van der Waals surface area contributed by atoms with Crippen LogP contribution in [-0.2, 0) is 4.84 Å². The monoisotopic (exact) mass is 255 g/mol. The van der Waals surface area contributed by atoms with E-state index in [1.54, 1.807) is 7.11 Å². The van der Waals surface area contributed by atoms with Crippen LogP contribution in [0.2, 0.25) is 0 Å². The molecular formula is C10H10BrNO2. The van der Waals surface area contributed by atoms with Crippen molar-refractivity contribution in [1.29, 1.82) is 0 Å². The quantitative estimate of drug-likeness (QED) is 0.824. The van der Waals surface area contributed by atoms with Crippen LogP contribution in [0.1, 0.15) is 11.7 Å². The van der Waals surface area contributed by atoms with Gasteiger partial charge >= 0.3 is 0 Å². The van der Waals surface area contributed by atoms with Gasteiger partial charge in [0.1, 0.15) is 16.5 Å². The molecule has 1 aliphatic heterocycles. The molecule has 0 bridgehead atoms. The molecule has 0 fully saturated rings. The van der Waals surface area contributed by atoms with Gasteiger partial charge in [0.05, 0.1) is 7.11 Å². The fourth-order valence-electron chi connectivity index (χ4n) is 1.30. The summed E-state index contributed by atoms with van der Waals surface area (Å²) in [4.78, 5) is 5.31. The predicted molar refractivity (Wildman–Crippen MR) is 57.0 cm³/mol. The van der Waals surface area contributed by atoms with Gasteiger partial charge in [0.2, 0.25) is 0 Å². The second kappa shape index (κ2) is 4.02. The van der Waals surface area contributed by atoms with E-state index in [0.717, 1.165) is 15.9 Å². The van der Waals surface area contributed by atoms with Crippen LogP contribution in [0.25, 0.3) is 0 Å². The van der Waals surface area contributed by atoms with Gasteiger partial charge < -0.3 is 4.74 Å². The Morgan fingerprint density at radius 1 is 1.50 bits per heavy atom. The van der Waals surface area contributed by atoms with Gasteiger partial charge in [-0.25, -0.2) is 0 Å². The average molecular weight is 256 g/mol. The van der Waals surface area contributed by atoms with Crippen LogP contribution < -0.4 is 10.2 Å². The van der Waals surface area contributed by atoms with E-state index in [0.29, 0.717) is 0 Å². The van der Waals surface area contributed by atoms with Crippen LogP contribution in [0, 0.1) is 0 Å². The Hall–Kier alpha value is -1.00. The molecule has 1 N–H and O–H groups in total. The van der Waals surface area contributed by atoms with Gasteiger partial charge in [-0.1, -0.05) is 12.1 Å². The number of halogens is 1. The smallest absolute Gasteiger partial charge is 0.132 e. The second-order valence-electron chi connectivity index (χ2n) is 2.93. The standard InChI is InChI=1S/C10H10BrNO2/c1-13-8-4-2-3-7(5-8)9-6-10(11)12-14-9/h2-6,9,12H,1H3/t9-/m1/s1. The lowest BCUT2D eigenvalue weighted by atomic mass is 10.1. The SMILES string of the molecule is COc1cccc([C@H]2C=C(Br)NO2)c1. The molecule has 0 aliphatic carbocycles. The minimum atomic E-state index is -0.0560. The Morgan fingerprint density at radius 3 is 3.00 bits per heavy atom. The molecule has 2 rings (SSSR count). The molecule has 74 valence electrons. The van der Waals surface area contributed by atoms with Crippen LogP contribution in [0.3, 0.4) is 0 Å². The first kappa shape index (κ1) is 9.55. The van der Waals surface area contributed by atoms with Crippen LogP contribution in [0.15, 0.2) is 34.9 Å². The first-order valence-corrected chi connectivity index (χ1v) is 5.02. The molecule has 0 saturated carbocycles. The Labute approximate surface area is 90.8 Å². The summed E-state index contributed by atoms with van der Waals surface area (Å²) in [6.45, 7) is 0. The topological polar surface area (TPSA) is 30.5 Å². The summed E-state index contributed by atoms with van der Waals surface area (Å²) in [5, 5.41) is 0. The van der Waals surface area contributed by atoms with E-state index in [1.807, 2.05) is 30.3 Å². The first-order valence-electron chi connectivity index (χ1n) is 4.22. The number of rotatable bonds is 2. The zero-order valence-electron chi connectivity index (χ0n) is 7.66. The first-order chi connectivity index (χ1) is 6.79. The Kier molecular flexibility index (Phi) is 2.74. The maximum atomic E-state index is 5.31. The molecule has 1 aromatic rings. The van der Waals surface area contributed by atoms with E-state index in [-0.39, 0.29) is 6.10 Å². The van der Waals surface area contributed by atoms with Crippen LogP contribution in [-0.4, -0.2) is 7.11 Å². The van der Waals surface area contributed by atoms with Crippen molar-refractivity contribution >= 4 is 15.9 Å². The van der Waals surface area contributed by atoms with E-state index in [9.17, 15) is 0 Å². The number of hydrogen-bond acceptors (Lipinski definition) is 3. The van der Waals surface area contributed by atoms with Crippen LogP contribution >= 0.6 is 15.9 Å². The predicted octanol–water partition coefficient (Wildman–Crippen LogP) is 2.51. The Bertz CT molecular complexity index is 365. The molecular weight excluding hydrogens is 246 g/mol. The lowest BCUT2D eigenvalue weighted by Gasteiger charge is -2.08. The van der Waals surface area contributed by atoms with Crippen molar-refractivity contribution in [3.8, 4) is 5.75 Å². The summed E-state index contributed by atoms with van der Waals surface area (Å²) in [5.74, 6) is 0.836. The van der Waals surface area contributed by atoms with Crippen molar-refractivity contribution < 1.29 is 9.57 Å². The van der Waals surface area contributed by atoms with Crippen molar-refractivity contribution in [3.05, 3.63) is 40.5 Å². The third kappa shape index (κ3) is 1.91. The summed E-state index contributed by atoms with van der Waals surface area (Å²) in [7, 11) is 1.65. The lowest BCUT2D eigenvalue weighted by Crippen LogP contribution is -2.05. The number of hydrogen-bond donors (Lipinski definition) is 1. The molecule has 1 atom stereocenters. The molecule has 0 saturated heterocycles. The highest BCUT2D eigenvalue weighted by Crippen LogP contribution is 2.27. The molecule has 1 heterocycles. The van der Waals surface area contributed by atoms with Gasteiger partial charge in [-0.15, -0.1) is 0 Å². The average Bonchev–Trinajstić information content (AvgIpc) is 2.65. The van der Waals surface area contributed by atoms with E-state index >= 15 is 0 Å². The number of nitrogens with one attached hydrogen (secondary N) is 1. The van der Waals surface area contributed by atoms with E-state index in [2.05, 4.69) is 21.4 Å². The number of benzene rings is 1. The maximum Gasteiger partial charge on any atom is 0.132 e. The zero-order valence-corrected chi connectivity index (χ0v) is 9.24. The van der Waals surface area contributed by atoms with Crippen molar-refractivity contribution in [3.63, 3.8) is 0 Å². The van der Waals surface area contributed by atoms with Crippen LogP contribution in [0.4, 0.5) is 0 Å². The van der Waals surface area contributed by atoms with Crippen molar-refractivity contribution in [2.45, 2.75) is 6.10 Å². The van der Waals surface area contributed by atoms with Crippen molar-refractivity contribution in [2.24, 2.45) is 0 Å². The number of ether oxygens (including phenoxy) is 1. The highest BCUT2D eigenvalue weighted by molar-refractivity contribution is 9.11. The molecule has 3 nitrogen and oxygen atoms in total. The summed E-state index contributed by atoms with van der Waals surface area (Å²) in [5.41, 5.74) is 3.80. The summed E-state index contributed by atoms with van der Waals surface area (Å²) < 4.78 is 5.99. The highest BCUT2D eigenvalue weighted by Gasteiger charge is 2.16. The fraction of sp³-hybridized carbons (Fsp3) is 0.200. The van der Waals surface area contributed by atoms with E-state index in [1.165, 1.54) is 0 Å². The molecule has 4 heteroatoms. The highest BCUT2D eigenvalue weighted by atomic mass is 79.9. The van der Waals surface area contributed by atoms with Gasteiger partial charge in [0, 0.05) is 0 Å². The minimum Gasteiger partial charge on any atom is -0.497 e. The van der Waals surface area contributed by atoms with E-state index < -0.39 is 0 Å². The zero-order chi connectivity index (χ0) is 9.97. The molecule has 1 aromatic carbocycles. The molecule has 0 unspecified atom stereocenters. The molecule has 0 amide bonds. The van der Waals surface area contributed by atoms with Crippen molar-refractivity contribution in [2.75, 3.05) is 7.11 Å². The summed E-state index contributed by atoms with van der Waals surface area (Å²) in [6, 6.07) is 7.80. The minimum absolute atomic E-state index is 0.0560. The Morgan fingerprint density at radius 2 is 2.36 bits per heavy atom. The molecule has 1 aliphatic rings. The number of methoxy groups -OCH3 is 1. The molecule has 0 spiro atoms. The lowest BCUT2D eigenvalue weighted by molar-refractivity contribution is 0.0457. The third-order valence-corrected chi connectivity index (χ3v) is 2.43. The van der Waals surface area contributed by atoms with Crippen LogP contribution in [0.5, 0.6) is 5.75 Å².